The average Bonchev–Trinajstić information content (AvgIpc) is 3.31. The van der Waals surface area contributed by atoms with E-state index in [-0.39, 0.29) is 11.5 Å². The lowest BCUT2D eigenvalue weighted by molar-refractivity contribution is 0.102. The summed E-state index contributed by atoms with van der Waals surface area (Å²) in [5.41, 5.74) is 3.52. The summed E-state index contributed by atoms with van der Waals surface area (Å²) in [5, 5.41) is 12.4. The summed E-state index contributed by atoms with van der Waals surface area (Å²) in [4.78, 5) is 12.9. The molecule has 0 atom stereocenters. The zero-order valence-electron chi connectivity index (χ0n) is 17.1. The van der Waals surface area contributed by atoms with Crippen molar-refractivity contribution < 1.29 is 14.3 Å². The number of ether oxygens (including phenoxy) is 2. The molecule has 0 aliphatic carbocycles. The van der Waals surface area contributed by atoms with Gasteiger partial charge in [-0.25, -0.2) is 0 Å². The number of aromatic nitrogens is 5. The number of ketones is 1. The number of rotatable bonds is 10. The van der Waals surface area contributed by atoms with Crippen LogP contribution >= 0.6 is 11.8 Å². The molecular formula is C20H25N5O3S. The Labute approximate surface area is 174 Å². The van der Waals surface area contributed by atoms with Crippen LogP contribution in [0.15, 0.2) is 35.5 Å². The van der Waals surface area contributed by atoms with Crippen LogP contribution in [0, 0.1) is 13.8 Å². The van der Waals surface area contributed by atoms with Crippen LogP contribution in [0.4, 0.5) is 0 Å². The second kappa shape index (κ2) is 9.71. The Morgan fingerprint density at radius 1 is 1.21 bits per heavy atom. The number of Topliss-reactive ketones (excluding diaryl/α,β-unsaturated/α-hetero) is 1. The van der Waals surface area contributed by atoms with E-state index in [1.807, 2.05) is 44.2 Å². The topological polar surface area (TPSA) is 84.1 Å². The first kappa shape index (κ1) is 21.1. The highest BCUT2D eigenvalue weighted by molar-refractivity contribution is 7.99. The standard InChI is InChI=1S/C20H25N5O3S/c1-14-12-16(15(2)24(14)10-7-11-27-3)18(26)13-29-20-21-22-23-25(20)17-8-5-6-9-19(17)28-4/h5-6,8-9,12H,7,10-11,13H2,1-4H3. The summed E-state index contributed by atoms with van der Waals surface area (Å²) in [5.74, 6) is 0.959. The van der Waals surface area contributed by atoms with Crippen molar-refractivity contribution in [2.24, 2.45) is 0 Å². The molecule has 0 amide bonds. The lowest BCUT2D eigenvalue weighted by Crippen LogP contribution is -2.09. The van der Waals surface area contributed by atoms with Crippen LogP contribution in [0.2, 0.25) is 0 Å². The van der Waals surface area contributed by atoms with E-state index in [4.69, 9.17) is 9.47 Å². The largest absolute Gasteiger partial charge is 0.494 e. The van der Waals surface area contributed by atoms with Gasteiger partial charge >= 0.3 is 0 Å². The van der Waals surface area contributed by atoms with Crippen molar-refractivity contribution in [3.05, 3.63) is 47.3 Å². The maximum absolute atomic E-state index is 12.9. The van der Waals surface area contributed by atoms with E-state index in [0.717, 1.165) is 35.6 Å². The first-order chi connectivity index (χ1) is 14.1. The molecule has 8 nitrogen and oxygen atoms in total. The number of thioether (sulfide) groups is 1. The van der Waals surface area contributed by atoms with Gasteiger partial charge in [-0.1, -0.05) is 23.9 Å². The minimum atomic E-state index is 0.0515. The molecule has 2 heterocycles. The van der Waals surface area contributed by atoms with E-state index in [9.17, 15) is 4.79 Å². The van der Waals surface area contributed by atoms with Crippen LogP contribution in [0.3, 0.4) is 0 Å². The Hall–Kier alpha value is -2.65. The summed E-state index contributed by atoms with van der Waals surface area (Å²) >= 11 is 1.31. The van der Waals surface area contributed by atoms with Crippen LogP contribution in [0.1, 0.15) is 28.2 Å². The van der Waals surface area contributed by atoms with Crippen LogP contribution in [-0.2, 0) is 11.3 Å². The lowest BCUT2D eigenvalue weighted by Gasteiger charge is -2.10. The maximum Gasteiger partial charge on any atom is 0.214 e. The van der Waals surface area contributed by atoms with Crippen LogP contribution in [0.5, 0.6) is 5.75 Å². The quantitative estimate of drug-likeness (QED) is 0.286. The number of hydrogen-bond acceptors (Lipinski definition) is 7. The van der Waals surface area contributed by atoms with Crippen LogP contribution in [0.25, 0.3) is 5.69 Å². The summed E-state index contributed by atoms with van der Waals surface area (Å²) in [6.45, 7) is 5.53. The molecule has 0 unspecified atom stereocenters. The van der Waals surface area contributed by atoms with Gasteiger partial charge in [-0.2, -0.15) is 4.68 Å². The van der Waals surface area contributed by atoms with Gasteiger partial charge in [0.2, 0.25) is 5.16 Å². The number of nitrogens with zero attached hydrogens (tertiary/aromatic N) is 5. The highest BCUT2D eigenvalue weighted by atomic mass is 32.2. The Morgan fingerprint density at radius 3 is 2.76 bits per heavy atom. The fourth-order valence-corrected chi connectivity index (χ4v) is 3.99. The van der Waals surface area contributed by atoms with Gasteiger partial charge in [-0.15, -0.1) is 5.10 Å². The predicted octanol–water partition coefficient (Wildman–Crippen LogP) is 3.10. The van der Waals surface area contributed by atoms with E-state index in [1.54, 1.807) is 18.9 Å². The van der Waals surface area contributed by atoms with Gasteiger partial charge < -0.3 is 14.0 Å². The van der Waals surface area contributed by atoms with E-state index in [2.05, 4.69) is 20.1 Å². The Kier molecular flexibility index (Phi) is 7.05. The third kappa shape index (κ3) is 4.68. The molecular weight excluding hydrogens is 390 g/mol. The van der Waals surface area contributed by atoms with E-state index in [0.29, 0.717) is 17.5 Å². The zero-order valence-corrected chi connectivity index (χ0v) is 17.9. The Morgan fingerprint density at radius 2 is 2.00 bits per heavy atom. The zero-order chi connectivity index (χ0) is 20.8. The minimum Gasteiger partial charge on any atom is -0.494 e. The van der Waals surface area contributed by atoms with E-state index < -0.39 is 0 Å². The minimum absolute atomic E-state index is 0.0515. The highest BCUT2D eigenvalue weighted by Gasteiger charge is 2.18. The molecule has 154 valence electrons. The van der Waals surface area contributed by atoms with E-state index in [1.165, 1.54) is 11.8 Å². The third-order valence-electron chi connectivity index (χ3n) is 4.69. The number of methoxy groups -OCH3 is 2. The molecule has 0 aliphatic heterocycles. The molecule has 0 bridgehead atoms. The molecule has 9 heteroatoms. The molecule has 0 saturated heterocycles. The van der Waals surface area contributed by atoms with Crippen molar-refractivity contribution in [3.63, 3.8) is 0 Å². The van der Waals surface area contributed by atoms with Crippen LogP contribution in [-0.4, -0.2) is 57.1 Å². The molecule has 0 N–H and O–H groups in total. The monoisotopic (exact) mass is 415 g/mol. The molecule has 0 radical (unpaired) electrons. The van der Waals surface area contributed by atoms with Gasteiger partial charge in [0.1, 0.15) is 11.4 Å². The third-order valence-corrected chi connectivity index (χ3v) is 5.61. The first-order valence-electron chi connectivity index (χ1n) is 9.30. The van der Waals surface area contributed by atoms with Crippen molar-refractivity contribution >= 4 is 17.5 Å². The number of hydrogen-bond donors (Lipinski definition) is 0. The molecule has 2 aromatic heterocycles. The summed E-state index contributed by atoms with van der Waals surface area (Å²) in [6, 6.07) is 9.43. The normalized spacial score (nSPS) is 11.0. The van der Waals surface area contributed by atoms with Crippen molar-refractivity contribution in [1.82, 2.24) is 24.8 Å². The summed E-state index contributed by atoms with van der Waals surface area (Å²) in [7, 11) is 3.29. The van der Waals surface area contributed by atoms with Gasteiger partial charge in [0, 0.05) is 37.2 Å². The average molecular weight is 416 g/mol. The SMILES string of the molecule is COCCCn1c(C)cc(C(=O)CSc2nnnn2-c2ccccc2OC)c1C. The number of benzene rings is 1. The fraction of sp³-hybridized carbons (Fsp3) is 0.400. The second-order valence-corrected chi connectivity index (χ2v) is 7.48. The number of aryl methyl sites for hydroxylation is 1. The molecule has 0 saturated carbocycles. The Balaban J connectivity index is 1.73. The van der Waals surface area contributed by atoms with Gasteiger partial charge in [0.25, 0.3) is 0 Å². The van der Waals surface area contributed by atoms with Gasteiger partial charge in [-0.05, 0) is 48.9 Å². The molecule has 0 fully saturated rings. The Bertz CT molecular complexity index is 982. The number of carbonyl (C=O) groups excluding carboxylic acids is 1. The van der Waals surface area contributed by atoms with Crippen molar-refractivity contribution in [3.8, 4) is 11.4 Å². The molecule has 3 aromatic rings. The van der Waals surface area contributed by atoms with Crippen molar-refractivity contribution in [2.45, 2.75) is 32.0 Å². The molecule has 1 aromatic carbocycles. The molecule has 0 aliphatic rings. The highest BCUT2D eigenvalue weighted by Crippen LogP contribution is 2.26. The van der Waals surface area contributed by atoms with Gasteiger partial charge in [0.05, 0.1) is 12.9 Å². The molecule has 29 heavy (non-hydrogen) atoms. The fourth-order valence-electron chi connectivity index (χ4n) is 3.23. The second-order valence-electron chi connectivity index (χ2n) is 6.54. The molecule has 0 spiro atoms. The maximum atomic E-state index is 12.9. The smallest absolute Gasteiger partial charge is 0.214 e. The van der Waals surface area contributed by atoms with Crippen molar-refractivity contribution in [2.75, 3.05) is 26.6 Å². The summed E-state index contributed by atoms with van der Waals surface area (Å²) < 4.78 is 14.3. The van der Waals surface area contributed by atoms with Gasteiger partial charge in [-0.3, -0.25) is 4.79 Å². The summed E-state index contributed by atoms with van der Waals surface area (Å²) in [6.07, 6.45) is 0.906. The van der Waals surface area contributed by atoms with Crippen LogP contribution < -0.4 is 4.74 Å². The lowest BCUT2D eigenvalue weighted by atomic mass is 10.2. The first-order valence-corrected chi connectivity index (χ1v) is 10.3. The predicted molar refractivity (Wildman–Crippen MR) is 111 cm³/mol. The van der Waals surface area contributed by atoms with E-state index >= 15 is 0 Å². The van der Waals surface area contributed by atoms with Crippen molar-refractivity contribution in [1.29, 1.82) is 0 Å². The van der Waals surface area contributed by atoms with Gasteiger partial charge in [0.15, 0.2) is 5.78 Å². The number of para-hydroxylation sites is 2. The number of tetrazole rings is 1. The number of carbonyl (C=O) groups is 1. The molecule has 3 rings (SSSR count).